The van der Waals surface area contributed by atoms with Crippen LogP contribution < -0.4 is 5.32 Å². The SMILES string of the molecule is Cl.O=C(c1cnc[nH]1)[C@H]1C[C@H]1C(=O)NCCC1CCCCC1. The zero-order chi connectivity index (χ0) is 14.7. The van der Waals surface area contributed by atoms with Gasteiger partial charge in [0.05, 0.1) is 12.5 Å². The lowest BCUT2D eigenvalue weighted by atomic mass is 9.87. The monoisotopic (exact) mass is 325 g/mol. The number of hydrogen-bond acceptors (Lipinski definition) is 3. The lowest BCUT2D eigenvalue weighted by Gasteiger charge is -2.21. The molecule has 2 fully saturated rings. The van der Waals surface area contributed by atoms with Crippen molar-refractivity contribution in [3.05, 3.63) is 18.2 Å². The lowest BCUT2D eigenvalue weighted by Crippen LogP contribution is -2.29. The molecule has 0 aromatic carbocycles. The maximum atomic E-state index is 12.1. The van der Waals surface area contributed by atoms with Crippen LogP contribution in [0, 0.1) is 17.8 Å². The molecule has 0 saturated heterocycles. The number of halogens is 1. The molecule has 22 heavy (non-hydrogen) atoms. The molecule has 3 rings (SSSR count). The molecule has 0 bridgehead atoms. The molecule has 2 N–H and O–H groups in total. The number of hydrogen-bond donors (Lipinski definition) is 2. The molecule has 2 aliphatic rings. The summed E-state index contributed by atoms with van der Waals surface area (Å²) in [6.45, 7) is 0.755. The number of amides is 1. The number of imidazole rings is 1. The van der Waals surface area contributed by atoms with Gasteiger partial charge in [0.1, 0.15) is 5.69 Å². The summed E-state index contributed by atoms with van der Waals surface area (Å²) in [4.78, 5) is 30.8. The van der Waals surface area contributed by atoms with Gasteiger partial charge in [0, 0.05) is 18.4 Å². The first-order valence-electron chi connectivity index (χ1n) is 8.06. The lowest BCUT2D eigenvalue weighted by molar-refractivity contribution is -0.122. The third kappa shape index (κ3) is 4.09. The molecule has 0 radical (unpaired) electrons. The van der Waals surface area contributed by atoms with Crippen LogP contribution in [0.3, 0.4) is 0 Å². The number of rotatable bonds is 6. The summed E-state index contributed by atoms with van der Waals surface area (Å²) in [6, 6.07) is 0. The van der Waals surface area contributed by atoms with Gasteiger partial charge in [-0.25, -0.2) is 4.98 Å². The molecular weight excluding hydrogens is 302 g/mol. The van der Waals surface area contributed by atoms with Gasteiger partial charge in [0.15, 0.2) is 5.78 Å². The van der Waals surface area contributed by atoms with E-state index in [0.29, 0.717) is 12.1 Å². The van der Waals surface area contributed by atoms with E-state index in [9.17, 15) is 9.59 Å². The Kier molecular flexibility index (Phi) is 6.00. The van der Waals surface area contributed by atoms with E-state index in [1.54, 1.807) is 0 Å². The Hall–Kier alpha value is -1.36. The molecule has 0 spiro atoms. The number of nitrogens with zero attached hydrogens (tertiary/aromatic N) is 1. The van der Waals surface area contributed by atoms with E-state index in [1.165, 1.54) is 44.6 Å². The van der Waals surface area contributed by atoms with Crippen LogP contribution in [0.2, 0.25) is 0 Å². The second-order valence-electron chi connectivity index (χ2n) is 6.36. The summed E-state index contributed by atoms with van der Waals surface area (Å²) in [5.41, 5.74) is 0.512. The van der Waals surface area contributed by atoms with Crippen LogP contribution in [0.25, 0.3) is 0 Å². The summed E-state index contributed by atoms with van der Waals surface area (Å²) < 4.78 is 0. The number of carbonyl (C=O) groups is 2. The van der Waals surface area contributed by atoms with Crippen LogP contribution in [-0.4, -0.2) is 28.2 Å². The highest BCUT2D eigenvalue weighted by atomic mass is 35.5. The molecule has 122 valence electrons. The normalized spacial score (nSPS) is 24.4. The fraction of sp³-hybridized carbons (Fsp3) is 0.688. The molecule has 0 aliphatic heterocycles. The van der Waals surface area contributed by atoms with Crippen molar-refractivity contribution in [2.24, 2.45) is 17.8 Å². The molecule has 2 saturated carbocycles. The van der Waals surface area contributed by atoms with Crippen molar-refractivity contribution in [2.75, 3.05) is 6.54 Å². The van der Waals surface area contributed by atoms with E-state index in [4.69, 9.17) is 0 Å². The van der Waals surface area contributed by atoms with Crippen molar-refractivity contribution in [1.29, 1.82) is 0 Å². The molecule has 0 unspecified atom stereocenters. The van der Waals surface area contributed by atoms with Gasteiger partial charge in [-0.3, -0.25) is 9.59 Å². The van der Waals surface area contributed by atoms with E-state index in [0.717, 1.165) is 18.9 Å². The molecule has 2 aliphatic carbocycles. The van der Waals surface area contributed by atoms with Crippen molar-refractivity contribution < 1.29 is 9.59 Å². The number of ketones is 1. The highest BCUT2D eigenvalue weighted by Crippen LogP contribution is 2.40. The molecule has 1 heterocycles. The van der Waals surface area contributed by atoms with Crippen LogP contribution in [0.5, 0.6) is 0 Å². The number of H-pyrrole nitrogens is 1. The zero-order valence-corrected chi connectivity index (χ0v) is 13.5. The van der Waals surface area contributed by atoms with Crippen molar-refractivity contribution in [1.82, 2.24) is 15.3 Å². The standard InChI is InChI=1S/C16H23N3O2.ClH/c20-15(14-9-17-10-19-14)12-8-13(12)16(21)18-7-6-11-4-2-1-3-5-11;/h9-13H,1-8H2,(H,17,19)(H,18,21);1H/t12-,13+;/m0./s1. The average Bonchev–Trinajstić information content (AvgIpc) is 3.13. The molecule has 5 nitrogen and oxygen atoms in total. The Morgan fingerprint density at radius 2 is 2.00 bits per heavy atom. The predicted molar refractivity (Wildman–Crippen MR) is 86.0 cm³/mol. The van der Waals surface area contributed by atoms with Gasteiger partial charge in [-0.1, -0.05) is 32.1 Å². The van der Waals surface area contributed by atoms with Gasteiger partial charge >= 0.3 is 0 Å². The van der Waals surface area contributed by atoms with Crippen LogP contribution >= 0.6 is 12.4 Å². The second-order valence-corrected chi connectivity index (χ2v) is 6.36. The smallest absolute Gasteiger partial charge is 0.223 e. The van der Waals surface area contributed by atoms with E-state index >= 15 is 0 Å². The highest BCUT2D eigenvalue weighted by Gasteiger charge is 2.48. The largest absolute Gasteiger partial charge is 0.356 e. The van der Waals surface area contributed by atoms with Gasteiger partial charge in [-0.15, -0.1) is 12.4 Å². The maximum Gasteiger partial charge on any atom is 0.223 e. The van der Waals surface area contributed by atoms with E-state index in [1.807, 2.05) is 0 Å². The first-order chi connectivity index (χ1) is 10.3. The van der Waals surface area contributed by atoms with Crippen LogP contribution in [0.4, 0.5) is 0 Å². The second kappa shape index (κ2) is 7.77. The Morgan fingerprint density at radius 1 is 1.23 bits per heavy atom. The van der Waals surface area contributed by atoms with Crippen LogP contribution in [-0.2, 0) is 4.79 Å². The summed E-state index contributed by atoms with van der Waals surface area (Å²) in [7, 11) is 0. The molecule has 1 aromatic heterocycles. The Morgan fingerprint density at radius 3 is 2.68 bits per heavy atom. The molecule has 2 atom stereocenters. The third-order valence-corrected chi connectivity index (χ3v) is 4.80. The zero-order valence-electron chi connectivity index (χ0n) is 12.7. The minimum Gasteiger partial charge on any atom is -0.356 e. The van der Waals surface area contributed by atoms with Crippen molar-refractivity contribution >= 4 is 24.1 Å². The van der Waals surface area contributed by atoms with E-state index in [2.05, 4.69) is 15.3 Å². The fourth-order valence-corrected chi connectivity index (χ4v) is 3.37. The van der Waals surface area contributed by atoms with E-state index in [-0.39, 0.29) is 35.9 Å². The quantitative estimate of drug-likeness (QED) is 0.790. The minimum atomic E-state index is -0.153. The van der Waals surface area contributed by atoms with Gasteiger partial charge in [-0.05, 0) is 18.8 Å². The number of carbonyl (C=O) groups excluding carboxylic acids is 2. The summed E-state index contributed by atoms with van der Waals surface area (Å²) >= 11 is 0. The maximum absolute atomic E-state index is 12.1. The first-order valence-corrected chi connectivity index (χ1v) is 8.06. The van der Waals surface area contributed by atoms with Gasteiger partial charge in [0.2, 0.25) is 5.91 Å². The fourth-order valence-electron chi connectivity index (χ4n) is 3.37. The number of Topliss-reactive ketones (excluding diaryl/α,β-unsaturated/α-hetero) is 1. The highest BCUT2D eigenvalue weighted by molar-refractivity contribution is 6.02. The van der Waals surface area contributed by atoms with Crippen molar-refractivity contribution in [3.8, 4) is 0 Å². The third-order valence-electron chi connectivity index (χ3n) is 4.80. The van der Waals surface area contributed by atoms with Gasteiger partial charge in [0.25, 0.3) is 0 Å². The summed E-state index contributed by atoms with van der Waals surface area (Å²) in [6.07, 6.45) is 11.4. The topological polar surface area (TPSA) is 74.8 Å². The Bertz CT molecular complexity index is 497. The first kappa shape index (κ1) is 17.0. The van der Waals surface area contributed by atoms with Gasteiger partial charge < -0.3 is 10.3 Å². The minimum absolute atomic E-state index is 0. The Balaban J connectivity index is 0.00000176. The molecule has 1 amide bonds. The van der Waals surface area contributed by atoms with Crippen molar-refractivity contribution in [3.63, 3.8) is 0 Å². The summed E-state index contributed by atoms with van der Waals surface area (Å²) in [5, 5.41) is 3.01. The van der Waals surface area contributed by atoms with Crippen molar-refractivity contribution in [2.45, 2.75) is 44.9 Å². The van der Waals surface area contributed by atoms with Crippen LogP contribution in [0.15, 0.2) is 12.5 Å². The molecular formula is C16H24ClN3O2. The number of aromatic nitrogens is 2. The van der Waals surface area contributed by atoms with Crippen LogP contribution in [0.1, 0.15) is 55.4 Å². The predicted octanol–water partition coefficient (Wildman–Crippen LogP) is 2.74. The molecule has 1 aromatic rings. The van der Waals surface area contributed by atoms with Gasteiger partial charge in [-0.2, -0.15) is 0 Å². The number of aromatic amines is 1. The van der Waals surface area contributed by atoms with E-state index < -0.39 is 0 Å². The average molecular weight is 326 g/mol. The molecule has 6 heteroatoms. The Labute approximate surface area is 137 Å². The summed E-state index contributed by atoms with van der Waals surface area (Å²) in [5.74, 6) is 0.552. The number of nitrogens with one attached hydrogen (secondary N) is 2.